The van der Waals surface area contributed by atoms with Crippen LogP contribution in [0.2, 0.25) is 0 Å². The van der Waals surface area contributed by atoms with Crippen molar-refractivity contribution in [1.82, 2.24) is 10.2 Å². The molecule has 1 aliphatic rings. The Balaban J connectivity index is 1.62. The number of hydrogen-bond acceptors (Lipinski definition) is 4. The molecule has 2 aromatic carbocycles. The van der Waals surface area contributed by atoms with Gasteiger partial charge in [-0.05, 0) is 68.2 Å². The van der Waals surface area contributed by atoms with Crippen molar-refractivity contribution in [3.63, 3.8) is 0 Å². The highest BCUT2D eigenvalue weighted by Crippen LogP contribution is 2.29. The number of aryl methyl sites for hydroxylation is 2. The Morgan fingerprint density at radius 1 is 1.10 bits per heavy atom. The molecule has 30 heavy (non-hydrogen) atoms. The van der Waals surface area contributed by atoms with Crippen molar-refractivity contribution >= 4 is 23.2 Å². The summed E-state index contributed by atoms with van der Waals surface area (Å²) in [4.78, 5) is 29.0. The third-order valence-corrected chi connectivity index (χ3v) is 5.74. The summed E-state index contributed by atoms with van der Waals surface area (Å²) in [6, 6.07) is 14.0. The molecule has 0 spiro atoms. The van der Waals surface area contributed by atoms with Gasteiger partial charge in [0.2, 0.25) is 0 Å². The monoisotopic (exact) mass is 408 g/mol. The van der Waals surface area contributed by atoms with Crippen LogP contribution >= 0.6 is 0 Å². The van der Waals surface area contributed by atoms with Crippen molar-refractivity contribution in [1.29, 1.82) is 0 Å². The molecule has 0 radical (unpaired) electrons. The fourth-order valence-electron chi connectivity index (χ4n) is 3.89. The van der Waals surface area contributed by atoms with Crippen molar-refractivity contribution in [3.05, 3.63) is 59.2 Å². The van der Waals surface area contributed by atoms with Gasteiger partial charge in [0.15, 0.2) is 0 Å². The number of anilines is 2. The number of likely N-dealkylation sites (N-methyl/N-ethyl adjacent to an activating group) is 1. The van der Waals surface area contributed by atoms with Crippen LogP contribution in [-0.4, -0.2) is 50.9 Å². The number of amides is 2. The predicted molar refractivity (Wildman–Crippen MR) is 122 cm³/mol. The molecule has 6 nitrogen and oxygen atoms in total. The molecule has 0 aromatic heterocycles. The van der Waals surface area contributed by atoms with E-state index >= 15 is 0 Å². The molecular weight excluding hydrogens is 376 g/mol. The maximum absolute atomic E-state index is 12.4. The first-order chi connectivity index (χ1) is 14.4. The average Bonchev–Trinajstić information content (AvgIpc) is 2.74. The predicted octanol–water partition coefficient (Wildman–Crippen LogP) is 2.99. The lowest BCUT2D eigenvalue weighted by molar-refractivity contribution is -0.136. The fourth-order valence-corrected chi connectivity index (χ4v) is 3.89. The van der Waals surface area contributed by atoms with Crippen LogP contribution in [0, 0.1) is 0 Å². The SMILES string of the molecule is CCc1ccc(NC(=O)C(=O)NCC(c2ccc3c(c2)CCCN3C)N(C)C)cc1. The Morgan fingerprint density at radius 2 is 1.83 bits per heavy atom. The third-order valence-electron chi connectivity index (χ3n) is 5.74. The number of hydrogen-bond donors (Lipinski definition) is 2. The summed E-state index contributed by atoms with van der Waals surface area (Å²) in [6.07, 6.45) is 3.15. The minimum atomic E-state index is -0.649. The molecule has 1 unspecified atom stereocenters. The van der Waals surface area contributed by atoms with Gasteiger partial charge in [0.05, 0.1) is 6.04 Å². The third kappa shape index (κ3) is 5.19. The molecule has 2 aromatic rings. The highest BCUT2D eigenvalue weighted by molar-refractivity contribution is 6.39. The van der Waals surface area contributed by atoms with Gasteiger partial charge in [-0.15, -0.1) is 0 Å². The largest absolute Gasteiger partial charge is 0.374 e. The second-order valence-electron chi connectivity index (χ2n) is 8.11. The highest BCUT2D eigenvalue weighted by Gasteiger charge is 2.21. The molecule has 3 rings (SSSR count). The first kappa shape index (κ1) is 21.8. The quantitative estimate of drug-likeness (QED) is 0.722. The van der Waals surface area contributed by atoms with Crippen LogP contribution < -0.4 is 15.5 Å². The second kappa shape index (κ2) is 9.76. The molecule has 2 N–H and O–H groups in total. The van der Waals surface area contributed by atoms with E-state index in [1.807, 2.05) is 38.4 Å². The first-order valence-electron chi connectivity index (χ1n) is 10.6. The van der Waals surface area contributed by atoms with Crippen LogP contribution in [0.1, 0.15) is 36.1 Å². The summed E-state index contributed by atoms with van der Waals surface area (Å²) >= 11 is 0. The Hall–Kier alpha value is -2.86. The van der Waals surface area contributed by atoms with Crippen molar-refractivity contribution in [2.24, 2.45) is 0 Å². The number of rotatable bonds is 6. The van der Waals surface area contributed by atoms with Gasteiger partial charge in [-0.3, -0.25) is 9.59 Å². The van der Waals surface area contributed by atoms with Crippen molar-refractivity contribution < 1.29 is 9.59 Å². The smallest absolute Gasteiger partial charge is 0.313 e. The van der Waals surface area contributed by atoms with Gasteiger partial charge in [-0.25, -0.2) is 0 Å². The zero-order valence-corrected chi connectivity index (χ0v) is 18.4. The molecule has 1 heterocycles. The molecule has 0 fully saturated rings. The highest BCUT2D eigenvalue weighted by atomic mass is 16.2. The molecule has 2 amide bonds. The van der Waals surface area contributed by atoms with Crippen molar-refractivity contribution in [2.75, 3.05) is 44.4 Å². The van der Waals surface area contributed by atoms with Gasteiger partial charge in [0, 0.05) is 31.5 Å². The van der Waals surface area contributed by atoms with E-state index in [0.29, 0.717) is 12.2 Å². The Labute approximate surface area is 179 Å². The lowest BCUT2D eigenvalue weighted by Crippen LogP contribution is -2.40. The van der Waals surface area contributed by atoms with Crippen molar-refractivity contribution in [3.8, 4) is 0 Å². The average molecular weight is 409 g/mol. The van der Waals surface area contributed by atoms with E-state index in [1.165, 1.54) is 16.8 Å². The van der Waals surface area contributed by atoms with E-state index in [0.717, 1.165) is 31.4 Å². The maximum atomic E-state index is 12.4. The van der Waals surface area contributed by atoms with Crippen LogP contribution in [-0.2, 0) is 22.4 Å². The van der Waals surface area contributed by atoms with Gasteiger partial charge in [-0.1, -0.05) is 31.2 Å². The lowest BCUT2D eigenvalue weighted by Gasteiger charge is -2.30. The minimum Gasteiger partial charge on any atom is -0.374 e. The molecule has 160 valence electrons. The van der Waals surface area contributed by atoms with Gasteiger partial charge in [0.1, 0.15) is 0 Å². The molecule has 0 saturated heterocycles. The van der Waals surface area contributed by atoms with E-state index in [1.54, 1.807) is 0 Å². The van der Waals surface area contributed by atoms with Gasteiger partial charge in [0.25, 0.3) is 0 Å². The maximum Gasteiger partial charge on any atom is 0.313 e. The first-order valence-corrected chi connectivity index (χ1v) is 10.6. The zero-order valence-electron chi connectivity index (χ0n) is 18.4. The summed E-state index contributed by atoms with van der Waals surface area (Å²) in [7, 11) is 6.09. The Kier molecular flexibility index (Phi) is 7.11. The summed E-state index contributed by atoms with van der Waals surface area (Å²) in [5.74, 6) is -1.28. The van der Waals surface area contributed by atoms with Crippen LogP contribution in [0.5, 0.6) is 0 Å². The fraction of sp³-hybridized carbons (Fsp3) is 0.417. The summed E-state index contributed by atoms with van der Waals surface area (Å²) in [6.45, 7) is 3.52. The Bertz CT molecular complexity index is 893. The minimum absolute atomic E-state index is 0.0110. The molecule has 6 heteroatoms. The number of fused-ring (bicyclic) bond motifs is 1. The van der Waals surface area contributed by atoms with Crippen molar-refractivity contribution in [2.45, 2.75) is 32.2 Å². The van der Waals surface area contributed by atoms with Crippen LogP contribution in [0.25, 0.3) is 0 Å². The number of benzene rings is 2. The molecule has 1 atom stereocenters. The summed E-state index contributed by atoms with van der Waals surface area (Å²) < 4.78 is 0. The zero-order chi connectivity index (χ0) is 21.7. The van der Waals surface area contributed by atoms with Gasteiger partial charge >= 0.3 is 11.8 Å². The molecule has 0 bridgehead atoms. The second-order valence-corrected chi connectivity index (χ2v) is 8.11. The lowest BCUT2D eigenvalue weighted by atomic mass is 9.96. The van der Waals surface area contributed by atoms with Gasteiger partial charge < -0.3 is 20.4 Å². The van der Waals surface area contributed by atoms with Gasteiger partial charge in [-0.2, -0.15) is 0 Å². The van der Waals surface area contributed by atoms with Crippen LogP contribution in [0.3, 0.4) is 0 Å². The molecule has 0 saturated carbocycles. The molecule has 0 aliphatic carbocycles. The number of carbonyl (C=O) groups excluding carboxylic acids is 2. The number of nitrogens with zero attached hydrogens (tertiary/aromatic N) is 2. The van der Waals surface area contributed by atoms with E-state index in [2.05, 4.69) is 52.6 Å². The normalized spacial score (nSPS) is 14.2. The number of carbonyl (C=O) groups is 2. The topological polar surface area (TPSA) is 64.7 Å². The molecule has 1 aliphatic heterocycles. The van der Waals surface area contributed by atoms with E-state index in [9.17, 15) is 9.59 Å². The summed E-state index contributed by atoms with van der Waals surface area (Å²) in [5.41, 5.74) is 5.57. The van der Waals surface area contributed by atoms with Crippen LogP contribution in [0.15, 0.2) is 42.5 Å². The molecular formula is C24H32N4O2. The van der Waals surface area contributed by atoms with E-state index in [-0.39, 0.29) is 6.04 Å². The Morgan fingerprint density at radius 3 is 2.50 bits per heavy atom. The van der Waals surface area contributed by atoms with E-state index < -0.39 is 11.8 Å². The summed E-state index contributed by atoms with van der Waals surface area (Å²) in [5, 5.41) is 5.45. The standard InChI is InChI=1S/C24H32N4O2/c1-5-17-8-11-20(12-9-17)26-24(30)23(29)25-16-22(27(2)3)19-10-13-21-18(15-19)7-6-14-28(21)4/h8-13,15,22H,5-7,14,16H2,1-4H3,(H,25,29)(H,26,30). The number of nitrogens with one attached hydrogen (secondary N) is 2. The van der Waals surface area contributed by atoms with E-state index in [4.69, 9.17) is 0 Å². The van der Waals surface area contributed by atoms with Crippen LogP contribution in [0.4, 0.5) is 11.4 Å².